The van der Waals surface area contributed by atoms with Gasteiger partial charge >= 0.3 is 5.97 Å². The lowest BCUT2D eigenvalue weighted by Crippen LogP contribution is -2.38. The predicted molar refractivity (Wildman–Crippen MR) is 40.1 cm³/mol. The quantitative estimate of drug-likeness (QED) is 0.624. The van der Waals surface area contributed by atoms with E-state index in [2.05, 4.69) is 5.32 Å². The maximum atomic E-state index is 10.9. The molecule has 2 N–H and O–H groups in total. The van der Waals surface area contributed by atoms with E-state index in [9.17, 15) is 9.59 Å². The minimum absolute atomic E-state index is 0.189. The van der Waals surface area contributed by atoms with Gasteiger partial charge in [0, 0.05) is 7.79 Å². The summed E-state index contributed by atoms with van der Waals surface area (Å²) in [5, 5.41) is 10.7. The second-order valence-electron chi connectivity index (χ2n) is 2.23. The Kier molecular flexibility index (Phi) is 3.44. The van der Waals surface area contributed by atoms with Gasteiger partial charge in [0.1, 0.15) is 6.04 Å². The molecule has 1 amide bonds. The van der Waals surface area contributed by atoms with Crippen LogP contribution < -0.4 is 5.32 Å². The van der Waals surface area contributed by atoms with Crippen molar-refractivity contribution in [2.45, 2.75) is 32.7 Å². The van der Waals surface area contributed by atoms with Crippen LogP contribution in [0.25, 0.3) is 0 Å². The molecular weight excluding hydrogens is 146 g/mol. The van der Waals surface area contributed by atoms with E-state index in [1.807, 2.05) is 0 Å². The topological polar surface area (TPSA) is 66.4 Å². The molecule has 0 aromatic rings. The number of carboxylic acid groups (broad SMARTS) is 1. The van der Waals surface area contributed by atoms with Crippen LogP contribution in [0.1, 0.15) is 28.0 Å². The number of aliphatic carboxylic acids is 1. The number of hydrogen-bond acceptors (Lipinski definition) is 2. The van der Waals surface area contributed by atoms with Crippen LogP contribution in [0.3, 0.4) is 0 Å². The summed E-state index contributed by atoms with van der Waals surface area (Å²) in [6.45, 7) is 1.59. The molecule has 0 spiro atoms. The molecule has 0 saturated carbocycles. The number of hydrogen-bond donors (Lipinski definition) is 2. The first-order valence-electron chi connectivity index (χ1n) is 4.10. The van der Waals surface area contributed by atoms with Crippen molar-refractivity contribution in [1.82, 2.24) is 5.32 Å². The highest BCUT2D eigenvalue weighted by Crippen LogP contribution is 1.88. The normalized spacial score (nSPS) is 13.4. The number of carboxylic acids is 1. The van der Waals surface area contributed by atoms with E-state index >= 15 is 0 Å². The Labute approximate surface area is 67.0 Å². The lowest BCUT2D eigenvalue weighted by Gasteiger charge is -2.07. The van der Waals surface area contributed by atoms with E-state index in [1.54, 1.807) is 0 Å². The SMILES string of the molecule is [2H]CCCC(=O)N[C@@H](C)C(=O)O. The van der Waals surface area contributed by atoms with Crippen molar-refractivity contribution in [2.75, 3.05) is 0 Å². The van der Waals surface area contributed by atoms with Gasteiger partial charge in [-0.2, -0.15) is 0 Å². The fourth-order valence-electron chi connectivity index (χ4n) is 0.536. The highest BCUT2D eigenvalue weighted by atomic mass is 16.4. The summed E-state index contributed by atoms with van der Waals surface area (Å²) < 4.78 is 6.77. The third-order valence-corrected chi connectivity index (χ3v) is 1.15. The van der Waals surface area contributed by atoms with Crippen LogP contribution in [0.15, 0.2) is 0 Å². The van der Waals surface area contributed by atoms with Crippen LogP contribution in [-0.4, -0.2) is 23.0 Å². The molecule has 0 saturated heterocycles. The number of carbonyl (C=O) groups excluding carboxylic acids is 1. The molecule has 0 fully saturated rings. The lowest BCUT2D eigenvalue weighted by atomic mass is 10.3. The van der Waals surface area contributed by atoms with Crippen molar-refractivity contribution in [1.29, 1.82) is 0 Å². The molecule has 0 aliphatic rings. The van der Waals surface area contributed by atoms with Gasteiger partial charge in [-0.25, -0.2) is 0 Å². The number of rotatable bonds is 4. The minimum Gasteiger partial charge on any atom is -0.480 e. The molecular formula is C7H13NO3. The lowest BCUT2D eigenvalue weighted by molar-refractivity contribution is -0.141. The van der Waals surface area contributed by atoms with Gasteiger partial charge in [-0.05, 0) is 13.3 Å². The molecule has 64 valence electrons. The number of nitrogens with one attached hydrogen (secondary N) is 1. The molecule has 0 heterocycles. The van der Waals surface area contributed by atoms with Crippen molar-refractivity contribution in [3.8, 4) is 0 Å². The second kappa shape index (κ2) is 4.71. The third kappa shape index (κ3) is 4.36. The Morgan fingerprint density at radius 1 is 1.73 bits per heavy atom. The number of carbonyl (C=O) groups is 2. The smallest absolute Gasteiger partial charge is 0.325 e. The van der Waals surface area contributed by atoms with E-state index in [-0.39, 0.29) is 19.2 Å². The van der Waals surface area contributed by atoms with Gasteiger partial charge in [0.25, 0.3) is 0 Å². The molecule has 0 aliphatic carbocycles. The molecule has 0 bridgehead atoms. The van der Waals surface area contributed by atoms with Gasteiger partial charge < -0.3 is 10.4 Å². The van der Waals surface area contributed by atoms with Crippen LogP contribution >= 0.6 is 0 Å². The van der Waals surface area contributed by atoms with Crippen molar-refractivity contribution >= 4 is 11.9 Å². The third-order valence-electron chi connectivity index (χ3n) is 1.15. The summed E-state index contributed by atoms with van der Waals surface area (Å²) >= 11 is 0. The van der Waals surface area contributed by atoms with Crippen molar-refractivity contribution < 1.29 is 16.1 Å². The zero-order valence-electron chi connectivity index (χ0n) is 7.46. The molecule has 0 radical (unpaired) electrons. The highest BCUT2D eigenvalue weighted by molar-refractivity contribution is 5.83. The summed E-state index contributed by atoms with van der Waals surface area (Å²) in [5.41, 5.74) is 0. The van der Waals surface area contributed by atoms with Gasteiger partial charge in [-0.1, -0.05) is 6.90 Å². The molecule has 0 unspecified atom stereocenters. The van der Waals surface area contributed by atoms with E-state index in [4.69, 9.17) is 6.48 Å². The first kappa shape index (κ1) is 8.04. The summed E-state index contributed by atoms with van der Waals surface area (Å²) in [7, 11) is 0. The Morgan fingerprint density at radius 3 is 2.82 bits per heavy atom. The van der Waals surface area contributed by atoms with Gasteiger partial charge in [-0.3, -0.25) is 9.59 Å². The van der Waals surface area contributed by atoms with Gasteiger partial charge in [0.05, 0.1) is 0 Å². The highest BCUT2D eigenvalue weighted by Gasteiger charge is 2.12. The van der Waals surface area contributed by atoms with E-state index in [1.165, 1.54) is 6.92 Å². The predicted octanol–water partition coefficient (Wildman–Crippen LogP) is 0.376. The fraction of sp³-hybridized carbons (Fsp3) is 0.714. The summed E-state index contributed by atoms with van der Waals surface area (Å²) in [6.07, 6.45) is 0.694. The summed E-state index contributed by atoms with van der Waals surface area (Å²) in [4.78, 5) is 21.1. The molecule has 1 atom stereocenters. The van der Waals surface area contributed by atoms with Crippen LogP contribution in [0.2, 0.25) is 0 Å². The molecule has 4 nitrogen and oxygen atoms in total. The monoisotopic (exact) mass is 160 g/mol. The Morgan fingerprint density at radius 2 is 2.36 bits per heavy atom. The van der Waals surface area contributed by atoms with E-state index in [0.29, 0.717) is 6.42 Å². The maximum Gasteiger partial charge on any atom is 0.325 e. The molecule has 0 aromatic heterocycles. The molecule has 0 aliphatic heterocycles. The van der Waals surface area contributed by atoms with Gasteiger partial charge in [0.2, 0.25) is 5.91 Å². The first-order chi connectivity index (χ1) is 5.57. The molecule has 11 heavy (non-hydrogen) atoms. The fourth-order valence-corrected chi connectivity index (χ4v) is 0.536. The van der Waals surface area contributed by atoms with Crippen LogP contribution in [-0.2, 0) is 9.59 Å². The largest absolute Gasteiger partial charge is 0.480 e. The van der Waals surface area contributed by atoms with Crippen molar-refractivity contribution in [3.63, 3.8) is 0 Å². The van der Waals surface area contributed by atoms with Crippen molar-refractivity contribution in [2.24, 2.45) is 0 Å². The van der Waals surface area contributed by atoms with Crippen LogP contribution in [0.4, 0.5) is 0 Å². The van der Waals surface area contributed by atoms with E-state index in [0.717, 1.165) is 0 Å². The summed E-state index contributed by atoms with van der Waals surface area (Å²) in [5.74, 6) is -1.36. The molecule has 0 aromatic carbocycles. The average molecular weight is 160 g/mol. The van der Waals surface area contributed by atoms with E-state index < -0.39 is 12.0 Å². The zero-order valence-corrected chi connectivity index (χ0v) is 6.46. The second-order valence-corrected chi connectivity index (χ2v) is 2.23. The summed E-state index contributed by atoms with van der Waals surface area (Å²) in [6, 6.07) is -0.844. The van der Waals surface area contributed by atoms with Crippen LogP contribution in [0.5, 0.6) is 0 Å². The first-order valence-corrected chi connectivity index (χ1v) is 3.39. The van der Waals surface area contributed by atoms with Gasteiger partial charge in [-0.15, -0.1) is 0 Å². The van der Waals surface area contributed by atoms with Crippen molar-refractivity contribution in [3.05, 3.63) is 0 Å². The average Bonchev–Trinajstić information content (AvgIpc) is 2.00. The Hall–Kier alpha value is -1.06. The zero-order chi connectivity index (χ0) is 9.56. The van der Waals surface area contributed by atoms with Crippen LogP contribution in [0, 0.1) is 0 Å². The minimum atomic E-state index is -1.05. The number of amides is 1. The standard InChI is InChI=1S/C7H13NO3/c1-3-4-6(9)8-5(2)7(10)11/h5H,3-4H2,1-2H3,(H,8,9)(H,10,11)/t5-/m0/s1/i1D. The molecule has 4 heteroatoms. The Balaban J connectivity index is 3.61. The van der Waals surface area contributed by atoms with Gasteiger partial charge in [0.15, 0.2) is 0 Å². The Bertz CT molecular complexity index is 172. The molecule has 0 rings (SSSR count). The maximum absolute atomic E-state index is 10.9.